The van der Waals surface area contributed by atoms with Crippen LogP contribution in [0.5, 0.6) is 5.75 Å². The summed E-state index contributed by atoms with van der Waals surface area (Å²) < 4.78 is 14.5. The van der Waals surface area contributed by atoms with E-state index in [0.29, 0.717) is 5.56 Å². The molecule has 1 unspecified atom stereocenters. The molecular formula is C14H15NO5. The van der Waals surface area contributed by atoms with Crippen LogP contribution in [-0.2, 0) is 14.3 Å². The molecule has 106 valence electrons. The van der Waals surface area contributed by atoms with E-state index in [0.717, 1.165) is 0 Å². The number of ether oxygens (including phenoxy) is 3. The van der Waals surface area contributed by atoms with Gasteiger partial charge in [0.2, 0.25) is 6.29 Å². The van der Waals surface area contributed by atoms with Crippen LogP contribution in [0.25, 0.3) is 0 Å². The minimum Gasteiger partial charge on any atom is -0.425 e. The molecule has 1 aromatic rings. The van der Waals surface area contributed by atoms with Crippen molar-refractivity contribution < 1.29 is 23.8 Å². The van der Waals surface area contributed by atoms with Gasteiger partial charge in [-0.2, -0.15) is 5.26 Å². The summed E-state index contributed by atoms with van der Waals surface area (Å²) in [6.45, 7) is 4.76. The Labute approximate surface area is 116 Å². The van der Waals surface area contributed by atoms with Gasteiger partial charge in [0.1, 0.15) is 5.75 Å². The van der Waals surface area contributed by atoms with Crippen molar-refractivity contribution in [3.8, 4) is 11.8 Å². The average Bonchev–Trinajstić information content (AvgIpc) is 2.39. The number of esters is 1. The third-order valence-electron chi connectivity index (χ3n) is 2.20. The minimum absolute atomic E-state index is 0.233. The highest BCUT2D eigenvalue weighted by Crippen LogP contribution is 2.13. The molecule has 0 N–H and O–H groups in total. The maximum Gasteiger partial charge on any atom is 0.516 e. The second-order valence-corrected chi connectivity index (χ2v) is 4.27. The Morgan fingerprint density at radius 2 is 1.70 bits per heavy atom. The van der Waals surface area contributed by atoms with E-state index < -0.39 is 18.4 Å². The maximum atomic E-state index is 11.4. The zero-order valence-electron chi connectivity index (χ0n) is 11.5. The summed E-state index contributed by atoms with van der Waals surface area (Å²) in [5, 5.41) is 8.63. The lowest BCUT2D eigenvalue weighted by atomic mass is 10.2. The van der Waals surface area contributed by atoms with Gasteiger partial charge in [-0.25, -0.2) is 4.79 Å². The molecule has 0 fully saturated rings. The van der Waals surface area contributed by atoms with E-state index in [1.807, 2.05) is 6.07 Å². The van der Waals surface area contributed by atoms with Crippen molar-refractivity contribution in [1.82, 2.24) is 0 Å². The molecule has 1 rings (SSSR count). The quantitative estimate of drug-likeness (QED) is 0.477. The van der Waals surface area contributed by atoms with E-state index in [2.05, 4.69) is 0 Å². The van der Waals surface area contributed by atoms with Crippen LogP contribution in [0, 0.1) is 17.2 Å². The first-order chi connectivity index (χ1) is 9.42. The maximum absolute atomic E-state index is 11.4. The molecule has 0 amide bonds. The van der Waals surface area contributed by atoms with Gasteiger partial charge in [-0.05, 0) is 24.3 Å². The molecule has 0 saturated heterocycles. The molecule has 20 heavy (non-hydrogen) atoms. The second kappa shape index (κ2) is 7.14. The molecule has 0 heterocycles. The van der Waals surface area contributed by atoms with Gasteiger partial charge in [0, 0.05) is 6.92 Å². The standard InChI is InChI=1S/C14H15NO5/c1-9(2)13(16)18-10(3)19-14(17)20-12-6-4-11(8-15)5-7-12/h4-7,9-10H,1-3H3. The minimum atomic E-state index is -1.03. The van der Waals surface area contributed by atoms with Gasteiger partial charge in [0.05, 0.1) is 17.6 Å². The highest BCUT2D eigenvalue weighted by molar-refractivity contribution is 5.72. The van der Waals surface area contributed by atoms with Crippen molar-refractivity contribution in [2.75, 3.05) is 0 Å². The highest BCUT2D eigenvalue weighted by Gasteiger charge is 2.17. The van der Waals surface area contributed by atoms with Crippen molar-refractivity contribution in [3.63, 3.8) is 0 Å². The predicted molar refractivity (Wildman–Crippen MR) is 68.7 cm³/mol. The van der Waals surface area contributed by atoms with Crippen molar-refractivity contribution in [3.05, 3.63) is 29.8 Å². The van der Waals surface area contributed by atoms with Gasteiger partial charge in [-0.3, -0.25) is 4.79 Å². The smallest absolute Gasteiger partial charge is 0.425 e. The molecule has 0 spiro atoms. The normalized spacial score (nSPS) is 11.3. The molecular weight excluding hydrogens is 262 g/mol. The van der Waals surface area contributed by atoms with Crippen LogP contribution >= 0.6 is 0 Å². The highest BCUT2D eigenvalue weighted by atomic mass is 16.8. The van der Waals surface area contributed by atoms with Gasteiger partial charge in [-0.15, -0.1) is 0 Å². The Morgan fingerprint density at radius 3 is 2.20 bits per heavy atom. The largest absolute Gasteiger partial charge is 0.516 e. The Kier molecular flexibility index (Phi) is 5.54. The number of hydrogen-bond donors (Lipinski definition) is 0. The monoisotopic (exact) mass is 277 g/mol. The van der Waals surface area contributed by atoms with Crippen molar-refractivity contribution >= 4 is 12.1 Å². The Hall–Kier alpha value is -2.55. The first kappa shape index (κ1) is 15.5. The first-order valence-corrected chi connectivity index (χ1v) is 6.01. The third-order valence-corrected chi connectivity index (χ3v) is 2.20. The zero-order chi connectivity index (χ0) is 15.1. The van der Waals surface area contributed by atoms with E-state index in [1.54, 1.807) is 13.8 Å². The Morgan fingerprint density at radius 1 is 1.10 bits per heavy atom. The number of rotatable bonds is 4. The molecule has 1 aromatic carbocycles. The number of benzene rings is 1. The molecule has 0 aromatic heterocycles. The van der Waals surface area contributed by atoms with E-state index in [1.165, 1.54) is 31.2 Å². The molecule has 6 nitrogen and oxygen atoms in total. The number of nitriles is 1. The molecule has 1 atom stereocenters. The summed E-state index contributed by atoms with van der Waals surface area (Å²) >= 11 is 0. The number of carbonyl (C=O) groups is 2. The van der Waals surface area contributed by atoms with Gasteiger partial charge in [0.15, 0.2) is 0 Å². The third kappa shape index (κ3) is 4.98. The molecule has 0 saturated carbocycles. The van der Waals surface area contributed by atoms with Crippen molar-refractivity contribution in [2.24, 2.45) is 5.92 Å². The lowest BCUT2D eigenvalue weighted by molar-refractivity contribution is -0.170. The summed E-state index contributed by atoms with van der Waals surface area (Å²) in [4.78, 5) is 22.7. The van der Waals surface area contributed by atoms with Crippen LogP contribution in [-0.4, -0.2) is 18.4 Å². The number of hydrogen-bond acceptors (Lipinski definition) is 6. The Balaban J connectivity index is 2.46. The van der Waals surface area contributed by atoms with E-state index in [4.69, 9.17) is 19.5 Å². The van der Waals surface area contributed by atoms with Crippen LogP contribution in [0.2, 0.25) is 0 Å². The lowest BCUT2D eigenvalue weighted by Crippen LogP contribution is -2.25. The summed E-state index contributed by atoms with van der Waals surface area (Å²) in [7, 11) is 0. The van der Waals surface area contributed by atoms with Gasteiger partial charge in [-0.1, -0.05) is 13.8 Å². The molecule has 0 bridgehead atoms. The second-order valence-electron chi connectivity index (χ2n) is 4.27. The fraction of sp³-hybridized carbons (Fsp3) is 0.357. The fourth-order valence-corrected chi connectivity index (χ4v) is 1.18. The summed E-state index contributed by atoms with van der Waals surface area (Å²) in [5.74, 6) is -0.546. The van der Waals surface area contributed by atoms with Crippen LogP contribution in [0.1, 0.15) is 26.3 Å². The first-order valence-electron chi connectivity index (χ1n) is 6.01. The number of carbonyl (C=O) groups excluding carboxylic acids is 2. The SMILES string of the molecule is CC(OC(=O)Oc1ccc(C#N)cc1)OC(=O)C(C)C. The van der Waals surface area contributed by atoms with E-state index in [9.17, 15) is 9.59 Å². The van der Waals surface area contributed by atoms with Gasteiger partial charge >= 0.3 is 12.1 Å². The molecule has 0 aliphatic carbocycles. The van der Waals surface area contributed by atoms with Crippen LogP contribution < -0.4 is 4.74 Å². The molecule has 6 heteroatoms. The molecule has 0 radical (unpaired) electrons. The zero-order valence-corrected chi connectivity index (χ0v) is 11.5. The van der Waals surface area contributed by atoms with Crippen molar-refractivity contribution in [1.29, 1.82) is 5.26 Å². The topological polar surface area (TPSA) is 85.6 Å². The average molecular weight is 277 g/mol. The summed E-state index contributed by atoms with van der Waals surface area (Å²) in [6, 6.07) is 7.88. The van der Waals surface area contributed by atoms with E-state index in [-0.39, 0.29) is 11.7 Å². The van der Waals surface area contributed by atoms with Crippen LogP contribution in [0.3, 0.4) is 0 Å². The fourth-order valence-electron chi connectivity index (χ4n) is 1.18. The van der Waals surface area contributed by atoms with Crippen LogP contribution in [0.4, 0.5) is 4.79 Å². The molecule has 0 aliphatic heterocycles. The van der Waals surface area contributed by atoms with Crippen molar-refractivity contribution in [2.45, 2.75) is 27.1 Å². The predicted octanol–water partition coefficient (Wildman–Crippen LogP) is 2.62. The van der Waals surface area contributed by atoms with E-state index >= 15 is 0 Å². The van der Waals surface area contributed by atoms with Gasteiger partial charge in [0.25, 0.3) is 0 Å². The summed E-state index contributed by atoms with van der Waals surface area (Å²) in [5.41, 5.74) is 0.449. The number of nitrogens with zero attached hydrogens (tertiary/aromatic N) is 1. The Bertz CT molecular complexity index is 515. The lowest BCUT2D eigenvalue weighted by Gasteiger charge is -2.15. The molecule has 0 aliphatic rings. The van der Waals surface area contributed by atoms with Gasteiger partial charge < -0.3 is 14.2 Å². The summed E-state index contributed by atoms with van der Waals surface area (Å²) in [6.07, 6.45) is -2.02. The van der Waals surface area contributed by atoms with Crippen LogP contribution in [0.15, 0.2) is 24.3 Å².